The van der Waals surface area contributed by atoms with Gasteiger partial charge >= 0.3 is 0 Å². The molecule has 0 saturated carbocycles. The van der Waals surface area contributed by atoms with Crippen LogP contribution in [0.1, 0.15) is 17.5 Å². The van der Waals surface area contributed by atoms with Crippen LogP contribution in [0.4, 0.5) is 11.5 Å². The number of amides is 1. The zero-order chi connectivity index (χ0) is 25.3. The molecule has 2 bridgehead atoms. The van der Waals surface area contributed by atoms with E-state index >= 15 is 0 Å². The average molecular weight is 499 g/mol. The Morgan fingerprint density at radius 1 is 1.14 bits per heavy atom. The van der Waals surface area contributed by atoms with Crippen molar-refractivity contribution in [2.24, 2.45) is 9.98 Å². The topological polar surface area (TPSA) is 113 Å². The second-order valence-corrected chi connectivity index (χ2v) is 8.68. The van der Waals surface area contributed by atoms with Crippen LogP contribution >= 0.6 is 0 Å². The van der Waals surface area contributed by atoms with Gasteiger partial charge in [0.1, 0.15) is 12.4 Å². The first-order valence-corrected chi connectivity index (χ1v) is 12.0. The number of anilines is 1. The summed E-state index contributed by atoms with van der Waals surface area (Å²) in [4.78, 5) is 29.2. The Balaban J connectivity index is 1.61. The highest BCUT2D eigenvalue weighted by Crippen LogP contribution is 2.33. The standard InChI is InChI=1S/C25H34N6O5/c1-30-7-4-8-31(2)22(32)16-36-21-13-19(5-6-20(21)35-12-11-34-10-9-33-3)29-25-23-18(15-30)14-26-24(23)27-17-28-25/h5-6,13-14,17H,4,7-12,15-16H2,1-3H3,(H2,26,27,28,29). The van der Waals surface area contributed by atoms with Gasteiger partial charge in [-0.15, -0.1) is 0 Å². The van der Waals surface area contributed by atoms with Crippen LogP contribution in [0.15, 0.2) is 34.4 Å². The van der Waals surface area contributed by atoms with Crippen LogP contribution in [-0.4, -0.2) is 100 Å². The van der Waals surface area contributed by atoms with Crippen molar-refractivity contribution in [3.05, 3.63) is 35.5 Å². The number of rotatable bonds is 7. The molecule has 1 amide bonds. The zero-order valence-electron chi connectivity index (χ0n) is 21.1. The molecule has 0 atom stereocenters. The Bertz CT molecular complexity index is 1100. The van der Waals surface area contributed by atoms with Gasteiger partial charge in [0.25, 0.3) is 5.91 Å². The van der Waals surface area contributed by atoms with Gasteiger partial charge in [-0.1, -0.05) is 0 Å². The third kappa shape index (κ3) is 6.62. The van der Waals surface area contributed by atoms with E-state index in [1.165, 1.54) is 0 Å². The molecule has 4 rings (SSSR count). The summed E-state index contributed by atoms with van der Waals surface area (Å²) in [7, 11) is 5.49. The second-order valence-electron chi connectivity index (χ2n) is 8.68. The van der Waals surface area contributed by atoms with Gasteiger partial charge in [0.2, 0.25) is 0 Å². The molecule has 194 valence electrons. The van der Waals surface area contributed by atoms with Gasteiger partial charge in [0.15, 0.2) is 23.9 Å². The van der Waals surface area contributed by atoms with E-state index < -0.39 is 0 Å². The summed E-state index contributed by atoms with van der Waals surface area (Å²) in [6.07, 6.45) is 4.45. The molecule has 1 aromatic heterocycles. The number of likely N-dealkylation sites (N-methyl/N-ethyl adjacent to an activating group) is 1. The molecular formula is C25H34N6O5. The highest BCUT2D eigenvalue weighted by atomic mass is 16.6. The van der Waals surface area contributed by atoms with Gasteiger partial charge in [0.05, 0.1) is 37.4 Å². The summed E-state index contributed by atoms with van der Waals surface area (Å²) >= 11 is 0. The molecule has 0 spiro atoms. The Hall–Kier alpha value is -3.41. The fourth-order valence-electron chi connectivity index (χ4n) is 3.96. The number of fused-ring (bicyclic) bond motifs is 2. The molecule has 3 heterocycles. The van der Waals surface area contributed by atoms with Crippen molar-refractivity contribution in [2.45, 2.75) is 13.0 Å². The number of aliphatic imine (C=N–C) groups is 2. The quantitative estimate of drug-likeness (QED) is 0.563. The summed E-state index contributed by atoms with van der Waals surface area (Å²) in [6, 6.07) is 5.40. The van der Waals surface area contributed by atoms with Gasteiger partial charge in [-0.05, 0) is 37.7 Å². The van der Waals surface area contributed by atoms with Crippen molar-refractivity contribution in [3.63, 3.8) is 0 Å². The summed E-state index contributed by atoms with van der Waals surface area (Å²) in [5, 5.41) is 3.16. The molecule has 0 unspecified atom stereocenters. The number of hydrogen-bond donors (Lipinski definition) is 2. The largest absolute Gasteiger partial charge is 0.487 e. The number of hydrogen-bond acceptors (Lipinski definition) is 9. The van der Waals surface area contributed by atoms with E-state index in [4.69, 9.17) is 23.9 Å². The third-order valence-electron chi connectivity index (χ3n) is 5.91. The molecular weight excluding hydrogens is 464 g/mol. The number of methoxy groups -OCH3 is 1. The minimum Gasteiger partial charge on any atom is -0.487 e. The Morgan fingerprint density at radius 3 is 2.86 bits per heavy atom. The lowest BCUT2D eigenvalue weighted by molar-refractivity contribution is -0.132. The van der Waals surface area contributed by atoms with E-state index in [2.05, 4.69) is 27.2 Å². The average Bonchev–Trinajstić information content (AvgIpc) is 3.28. The number of ether oxygens (including phenoxy) is 4. The summed E-state index contributed by atoms with van der Waals surface area (Å²) in [6.45, 7) is 3.87. The molecule has 2 aliphatic heterocycles. The van der Waals surface area contributed by atoms with E-state index in [9.17, 15) is 4.79 Å². The number of aromatic amines is 1. The van der Waals surface area contributed by atoms with Gasteiger partial charge in [-0.2, -0.15) is 0 Å². The highest BCUT2D eigenvalue weighted by molar-refractivity contribution is 6.13. The Morgan fingerprint density at radius 2 is 2.00 bits per heavy atom. The van der Waals surface area contributed by atoms with E-state index in [0.717, 1.165) is 36.5 Å². The fourth-order valence-corrected chi connectivity index (χ4v) is 3.96. The molecule has 2 N–H and O–H groups in total. The molecule has 36 heavy (non-hydrogen) atoms. The minimum atomic E-state index is -0.101. The van der Waals surface area contributed by atoms with Crippen LogP contribution in [-0.2, 0) is 20.8 Å². The smallest absolute Gasteiger partial charge is 0.260 e. The fraction of sp³-hybridized carbons (Fsp3) is 0.480. The van der Waals surface area contributed by atoms with Crippen molar-refractivity contribution in [2.75, 3.05) is 72.6 Å². The number of aromatic nitrogens is 1. The van der Waals surface area contributed by atoms with Crippen molar-refractivity contribution < 1.29 is 23.7 Å². The van der Waals surface area contributed by atoms with Crippen molar-refractivity contribution >= 4 is 29.6 Å². The van der Waals surface area contributed by atoms with Crippen LogP contribution in [0, 0.1) is 0 Å². The predicted molar refractivity (Wildman–Crippen MR) is 138 cm³/mol. The van der Waals surface area contributed by atoms with E-state index in [-0.39, 0.29) is 12.5 Å². The van der Waals surface area contributed by atoms with Gasteiger partial charge in [0, 0.05) is 39.5 Å². The lowest BCUT2D eigenvalue weighted by Gasteiger charge is -2.22. The maximum Gasteiger partial charge on any atom is 0.260 e. The van der Waals surface area contributed by atoms with Crippen molar-refractivity contribution in [3.8, 4) is 11.5 Å². The Labute approximate surface area is 211 Å². The number of carbonyl (C=O) groups excluding carboxylic acids is 1. The molecule has 2 aliphatic rings. The molecule has 0 saturated heterocycles. The van der Waals surface area contributed by atoms with Crippen LogP contribution in [0.5, 0.6) is 11.5 Å². The second kappa shape index (κ2) is 12.5. The van der Waals surface area contributed by atoms with E-state index in [1.54, 1.807) is 37.5 Å². The SMILES string of the molecule is COCCOCCOc1ccc2cc1OCC(=O)N(C)CCCN(C)Cc1c[nH]c3c1/C(=N\2)N=CN3. The first-order chi connectivity index (χ1) is 17.5. The van der Waals surface area contributed by atoms with Gasteiger partial charge in [-0.25, -0.2) is 9.98 Å². The van der Waals surface area contributed by atoms with Crippen LogP contribution in [0.3, 0.4) is 0 Å². The monoisotopic (exact) mass is 498 g/mol. The molecule has 0 radical (unpaired) electrons. The predicted octanol–water partition coefficient (Wildman–Crippen LogP) is 2.26. The van der Waals surface area contributed by atoms with Gasteiger partial charge in [-0.3, -0.25) is 4.79 Å². The maximum absolute atomic E-state index is 12.7. The number of H-pyrrole nitrogens is 1. The van der Waals surface area contributed by atoms with Crippen molar-refractivity contribution in [1.29, 1.82) is 0 Å². The molecule has 11 heteroatoms. The minimum absolute atomic E-state index is 0.0960. The highest BCUT2D eigenvalue weighted by Gasteiger charge is 2.21. The van der Waals surface area contributed by atoms with Crippen LogP contribution in [0.2, 0.25) is 0 Å². The van der Waals surface area contributed by atoms with Gasteiger partial charge < -0.3 is 39.0 Å². The molecule has 1 aromatic carbocycles. The normalized spacial score (nSPS) is 18.1. The molecule has 0 aliphatic carbocycles. The first-order valence-electron chi connectivity index (χ1n) is 12.0. The molecule has 0 fully saturated rings. The van der Waals surface area contributed by atoms with E-state index in [1.807, 2.05) is 12.3 Å². The molecule has 2 aromatic rings. The number of benzene rings is 1. The molecule has 11 nitrogen and oxygen atoms in total. The van der Waals surface area contributed by atoms with Crippen LogP contribution in [0.25, 0.3) is 0 Å². The van der Waals surface area contributed by atoms with E-state index in [0.29, 0.717) is 56.0 Å². The number of carbonyl (C=O) groups is 1. The van der Waals surface area contributed by atoms with Crippen LogP contribution < -0.4 is 14.8 Å². The Kier molecular flexibility index (Phi) is 8.93. The summed E-state index contributed by atoms with van der Waals surface area (Å²) in [5.74, 6) is 2.32. The maximum atomic E-state index is 12.7. The van der Waals surface area contributed by atoms with Crippen molar-refractivity contribution in [1.82, 2.24) is 14.8 Å². The zero-order valence-corrected chi connectivity index (χ0v) is 21.1. The lowest BCUT2D eigenvalue weighted by atomic mass is 10.1. The summed E-state index contributed by atoms with van der Waals surface area (Å²) < 4.78 is 22.3. The first kappa shape index (κ1) is 25.7. The third-order valence-corrected chi connectivity index (χ3v) is 5.91. The lowest BCUT2D eigenvalue weighted by Crippen LogP contribution is -2.34. The summed E-state index contributed by atoms with van der Waals surface area (Å²) in [5.41, 5.74) is 2.68. The number of nitrogens with one attached hydrogen (secondary N) is 2. The number of amidine groups is 1. The number of nitrogens with zero attached hydrogens (tertiary/aromatic N) is 4.